The molecule has 2 aliphatic heterocycles. The fraction of sp³-hybridized carbons (Fsp3) is 0.660. The van der Waals surface area contributed by atoms with E-state index in [1.807, 2.05) is 0 Å². The van der Waals surface area contributed by atoms with Crippen molar-refractivity contribution in [1.82, 2.24) is 16.0 Å². The molecule has 1 aromatic carbocycles. The molecule has 34 heteroatoms. The van der Waals surface area contributed by atoms with Crippen molar-refractivity contribution in [3.8, 4) is 11.8 Å². The number of nitrogens with one attached hydrogen (secondary N) is 4. The quantitative estimate of drug-likeness (QED) is 0.0112. The molecule has 1 aromatic rings. The Morgan fingerprint density at radius 1 is 0.827 bits per heavy atom. The Hall–Kier alpha value is -1.29. The Kier molecular flexibility index (Phi) is 31.6. The highest BCUT2D eigenvalue weighted by Gasteiger charge is 2.57. The lowest BCUT2D eigenvalue weighted by molar-refractivity contribution is -0.130. The summed E-state index contributed by atoms with van der Waals surface area (Å²) in [6.07, 6.45) is 9.76. The van der Waals surface area contributed by atoms with Crippen LogP contribution in [0.3, 0.4) is 0 Å². The van der Waals surface area contributed by atoms with Crippen molar-refractivity contribution in [1.29, 1.82) is 0 Å². The number of ketones is 1. The SMILES string of the molecule is C=P(O)(O)OP(=C)(O)C(F)(F)P(=C)(O)OC[C@H]1O[C@@H](CSCC(=O)c2ccc(NC(=O)COCCOCCOCCNC(=O)C(NC(=O)C3CCCCC3)SSCCC(=O)NCC#CC[C@H]3CC(O)[C@@H](CP(=O)(P)P)O3)cc2)CC1O. The third-order valence-corrected chi connectivity index (χ3v) is 24.1. The van der Waals surface area contributed by atoms with Crippen LogP contribution in [0.2, 0.25) is 0 Å². The second-order valence-electron chi connectivity index (χ2n) is 19.0. The predicted molar refractivity (Wildman–Crippen MR) is 324 cm³/mol. The second kappa shape index (κ2) is 35.5. The van der Waals surface area contributed by atoms with E-state index < -0.39 is 88.5 Å². The van der Waals surface area contributed by atoms with E-state index in [-0.39, 0.29) is 113 Å². The highest BCUT2D eigenvalue weighted by Crippen LogP contribution is 2.78. The van der Waals surface area contributed by atoms with E-state index in [1.54, 1.807) is 12.1 Å². The molecule has 0 spiro atoms. The molecule has 1 saturated carbocycles. The van der Waals surface area contributed by atoms with Crippen LogP contribution in [0.25, 0.3) is 0 Å². The topological polar surface area (TPSA) is 337 Å². The second-order valence-corrected chi connectivity index (χ2v) is 38.3. The number of amides is 4. The van der Waals surface area contributed by atoms with Gasteiger partial charge in [0.1, 0.15) is 19.2 Å². The first-order valence-corrected chi connectivity index (χ1v) is 39.7. The van der Waals surface area contributed by atoms with Crippen molar-refractivity contribution in [2.75, 3.05) is 88.1 Å². The molecule has 3 aliphatic rings. The fourth-order valence-electron chi connectivity index (χ4n) is 7.97. The minimum absolute atomic E-state index is 0.0192. The molecule has 460 valence electrons. The third kappa shape index (κ3) is 27.1. The number of aliphatic hydroxyl groups excluding tert-OH is 2. The number of aliphatic hydroxyl groups is 2. The number of hydrogen-bond donors (Lipinski definition) is 10. The zero-order valence-corrected chi connectivity index (χ0v) is 52.9. The van der Waals surface area contributed by atoms with Gasteiger partial charge in [0.25, 0.3) is 13.5 Å². The summed E-state index contributed by atoms with van der Waals surface area (Å²) in [5.74, 6) is 4.82. The van der Waals surface area contributed by atoms with Crippen LogP contribution >= 0.6 is 80.0 Å². The molecule has 10 N–H and O–H groups in total. The van der Waals surface area contributed by atoms with E-state index in [9.17, 15) is 67.1 Å². The Morgan fingerprint density at radius 3 is 2.12 bits per heavy atom. The summed E-state index contributed by atoms with van der Waals surface area (Å²) < 4.78 is 78.9. The van der Waals surface area contributed by atoms with Crippen LogP contribution < -0.4 is 21.3 Å². The number of hydrogen-bond acceptors (Lipinski definition) is 22. The number of halogens is 2. The van der Waals surface area contributed by atoms with Crippen molar-refractivity contribution < 1.29 is 99.6 Å². The van der Waals surface area contributed by atoms with E-state index in [0.717, 1.165) is 32.1 Å². The maximum atomic E-state index is 14.9. The van der Waals surface area contributed by atoms with Crippen molar-refractivity contribution in [3.05, 3.63) is 29.8 Å². The standard InChI is InChI=1S/C47H76F2N4O19P6S3/c1-75(61,47(48,49)76(2,62)72-77(3,63)64)69-27-40-37(54)26-36(71-40)30-79-31-39(56)32-12-14-34(15-13-32)52-43(58)28-68-23-22-67-21-20-66-19-18-51-45(60)46(53-44(59)33-9-5-4-6-10-33)81-80-24-16-42(57)50-17-8-7-11-35-25-38(55)41(70-35)29-78(65,73)74/h12-15,33,35-38,40-41,46,54-55,61-64H,1-6,9-11,16-31,73-74H2,(H,50,57)(H,51,60)(H,52,58)(H,53,59)/t35-,36+,37?,38?,40+,41+,46?,75?,76?/m0/s1. The van der Waals surface area contributed by atoms with E-state index in [0.29, 0.717) is 29.8 Å². The van der Waals surface area contributed by atoms with Gasteiger partial charge < -0.3 is 83.8 Å². The molecule has 23 nitrogen and oxygen atoms in total. The molecule has 4 amide bonds. The summed E-state index contributed by atoms with van der Waals surface area (Å²) in [7, 11) is -7.92. The van der Waals surface area contributed by atoms with Crippen LogP contribution in [0.4, 0.5) is 14.5 Å². The number of thioether (sulfide) groups is 1. The highest BCUT2D eigenvalue weighted by molar-refractivity contribution is 8.77. The number of ether oxygens (including phenoxy) is 5. The zero-order chi connectivity index (χ0) is 59.9. The van der Waals surface area contributed by atoms with Crippen LogP contribution in [0, 0.1) is 17.8 Å². The average molecular weight is 1320 g/mol. The first-order chi connectivity index (χ1) is 38.1. The van der Waals surface area contributed by atoms with Crippen molar-refractivity contribution in [2.24, 2.45) is 5.92 Å². The number of rotatable bonds is 36. The summed E-state index contributed by atoms with van der Waals surface area (Å²) in [6.45, 7) is -2.34. The summed E-state index contributed by atoms with van der Waals surface area (Å²) >= 11 is 1.19. The first-order valence-electron chi connectivity index (χ1n) is 25.6. The largest absolute Gasteiger partial charge is 0.390 e. The zero-order valence-electron chi connectivity index (χ0n) is 44.5. The molecule has 0 radical (unpaired) electrons. The molecule has 81 heavy (non-hydrogen) atoms. The Labute approximate surface area is 487 Å². The van der Waals surface area contributed by atoms with Crippen molar-refractivity contribution in [2.45, 2.75) is 105 Å². The minimum Gasteiger partial charge on any atom is -0.390 e. The summed E-state index contributed by atoms with van der Waals surface area (Å²) in [5.41, 5.74) is 0.777. The van der Waals surface area contributed by atoms with Crippen molar-refractivity contribution >= 4 is 134 Å². The van der Waals surface area contributed by atoms with Gasteiger partial charge in [-0.05, 0) is 56.0 Å². The van der Waals surface area contributed by atoms with E-state index in [4.69, 9.17) is 28.2 Å². The van der Waals surface area contributed by atoms with Gasteiger partial charge in [-0.1, -0.05) is 70.5 Å². The number of carbonyl (C=O) groups is 5. The van der Waals surface area contributed by atoms with Crippen LogP contribution in [-0.4, -0.2) is 208 Å². The Bertz CT molecular complexity index is 2490. The van der Waals surface area contributed by atoms with E-state index >= 15 is 0 Å². The Balaban J connectivity index is 1.03. The number of benzene rings is 1. The Morgan fingerprint density at radius 2 is 1.46 bits per heavy atom. The smallest absolute Gasteiger partial charge is 0.370 e. The van der Waals surface area contributed by atoms with Gasteiger partial charge >= 0.3 is 5.40 Å². The fourth-order valence-corrected chi connectivity index (χ4v) is 18.4. The maximum absolute atomic E-state index is 14.9. The maximum Gasteiger partial charge on any atom is 0.370 e. The van der Waals surface area contributed by atoms with Gasteiger partial charge in [0.15, 0.2) is 18.5 Å². The molecule has 0 aromatic heterocycles. The predicted octanol–water partition coefficient (Wildman–Crippen LogP) is 4.30. The number of anilines is 1. The van der Waals surface area contributed by atoms with E-state index in [1.165, 1.54) is 45.5 Å². The molecule has 1 aliphatic carbocycles. The molecule has 3 fully saturated rings. The third-order valence-electron chi connectivity index (χ3n) is 12.1. The van der Waals surface area contributed by atoms with Crippen LogP contribution in [0.15, 0.2) is 24.3 Å². The molecule has 11 atom stereocenters. The number of Topliss-reactive ketones (excluding diaryl/α,β-unsaturated/α-hetero) is 1. The molecule has 2 saturated heterocycles. The van der Waals surface area contributed by atoms with Crippen LogP contribution in [0.1, 0.15) is 68.1 Å². The molecule has 0 bridgehead atoms. The normalized spacial score (nSPS) is 22.6. The van der Waals surface area contributed by atoms with Gasteiger partial charge in [0.2, 0.25) is 25.1 Å². The molecular weight excluding hydrogens is 1240 g/mol. The van der Waals surface area contributed by atoms with Gasteiger partial charge in [-0.15, -0.1) is 0 Å². The number of alkyl halides is 2. The van der Waals surface area contributed by atoms with Gasteiger partial charge in [0.05, 0.1) is 82.5 Å². The lowest BCUT2D eigenvalue weighted by Crippen LogP contribution is -2.47. The molecular formula is C47H76F2N4O19P6S3. The lowest BCUT2D eigenvalue weighted by Gasteiger charge is -2.35. The molecule has 7 unspecified atom stereocenters. The first kappa shape index (κ1) is 72.2. The van der Waals surface area contributed by atoms with Crippen LogP contribution in [0.5, 0.6) is 0 Å². The molecule has 4 rings (SSSR count). The summed E-state index contributed by atoms with van der Waals surface area (Å²) in [4.78, 5) is 103. The van der Waals surface area contributed by atoms with Crippen molar-refractivity contribution in [3.63, 3.8) is 0 Å². The summed E-state index contributed by atoms with van der Waals surface area (Å²) in [6, 6.07) is 6.16. The minimum atomic E-state index is -5.24. The monoisotopic (exact) mass is 1320 g/mol. The van der Waals surface area contributed by atoms with Gasteiger partial charge in [-0.2, -0.15) is 20.5 Å². The highest BCUT2D eigenvalue weighted by atomic mass is 33.1. The van der Waals surface area contributed by atoms with Gasteiger partial charge in [-0.3, -0.25) is 28.3 Å². The average Bonchev–Trinajstić information content (AvgIpc) is 4.01. The number of carbonyl (C=O) groups excluding carboxylic acids is 5. The van der Waals surface area contributed by atoms with Crippen LogP contribution in [-0.2, 0) is 56.3 Å². The molecule has 2 heterocycles. The van der Waals surface area contributed by atoms with E-state index in [2.05, 4.69) is 74.2 Å². The van der Waals surface area contributed by atoms with Gasteiger partial charge in [0, 0.05) is 67.1 Å². The van der Waals surface area contributed by atoms with Gasteiger partial charge in [-0.25, -0.2) is 0 Å². The lowest BCUT2D eigenvalue weighted by atomic mass is 9.89. The summed E-state index contributed by atoms with van der Waals surface area (Å²) in [5, 5.41) is 26.2.